The van der Waals surface area contributed by atoms with Gasteiger partial charge in [0.25, 0.3) is 6.33 Å². The van der Waals surface area contributed by atoms with Crippen molar-refractivity contribution in [3.05, 3.63) is 36.8 Å². The molecule has 2 rings (SSSR count). The molecule has 62 valence electrons. The van der Waals surface area contributed by atoms with E-state index in [1.165, 1.54) is 10.9 Å². The second kappa shape index (κ2) is 3.80. The Bertz CT molecular complexity index is 382. The lowest BCUT2D eigenvalue weighted by Gasteiger charge is -1.93. The molecule has 1 aromatic carbocycles. The summed E-state index contributed by atoms with van der Waals surface area (Å²) in [5.41, 5.74) is 1.21. The zero-order valence-corrected chi connectivity index (χ0v) is 8.89. The van der Waals surface area contributed by atoms with Gasteiger partial charge in [-0.05, 0) is 12.1 Å². The summed E-state index contributed by atoms with van der Waals surface area (Å²) < 4.78 is 2.01. The maximum atomic E-state index is 4.08. The maximum absolute atomic E-state index is 4.08. The van der Waals surface area contributed by atoms with E-state index in [1.807, 2.05) is 36.3 Å². The molecular weight excluding hydrogens is 263 g/mol. The molecule has 0 fully saturated rings. The number of halogens is 1. The number of nitrogens with zero attached hydrogens (tertiary/aromatic N) is 2. The second-order valence-corrected chi connectivity index (χ2v) is 2.56. The molecule has 2 aromatic rings. The molecule has 0 saturated heterocycles. The second-order valence-electron chi connectivity index (χ2n) is 2.56. The number of para-hydroxylation sites is 1. The molecular formula is C9H9IN2. The Morgan fingerprint density at radius 2 is 2.00 bits per heavy atom. The molecule has 0 amide bonds. The predicted molar refractivity (Wildman–Crippen MR) is 42.9 cm³/mol. The van der Waals surface area contributed by atoms with Crippen LogP contribution < -0.4 is 28.5 Å². The summed E-state index contributed by atoms with van der Waals surface area (Å²) in [7, 11) is 2.00. The Hall–Kier alpha value is -0.710. The molecule has 3 heteroatoms. The molecule has 0 spiro atoms. The molecule has 0 atom stereocenters. The lowest BCUT2D eigenvalue weighted by Crippen LogP contribution is -3.00. The first-order chi connectivity index (χ1) is 5.38. The highest BCUT2D eigenvalue weighted by Crippen LogP contribution is 2.04. The highest BCUT2D eigenvalue weighted by molar-refractivity contribution is 5.73. The van der Waals surface area contributed by atoms with Gasteiger partial charge < -0.3 is 24.0 Å². The van der Waals surface area contributed by atoms with Crippen LogP contribution in [0.5, 0.6) is 0 Å². The van der Waals surface area contributed by atoms with Crippen LogP contribution >= 0.6 is 0 Å². The number of benzene rings is 1. The first kappa shape index (κ1) is 9.38. The van der Waals surface area contributed by atoms with Crippen molar-refractivity contribution in [3.8, 4) is 0 Å². The van der Waals surface area contributed by atoms with E-state index in [1.54, 1.807) is 0 Å². The molecule has 0 N–H and O–H groups in total. The topological polar surface area (TPSA) is 16.8 Å². The monoisotopic (exact) mass is 272 g/mol. The molecule has 0 bridgehead atoms. The van der Waals surface area contributed by atoms with Crippen molar-refractivity contribution >= 4 is 10.9 Å². The first-order valence-electron chi connectivity index (χ1n) is 3.56. The van der Waals surface area contributed by atoms with Gasteiger partial charge in [-0.15, -0.1) is 0 Å². The third-order valence-electron chi connectivity index (χ3n) is 1.77. The van der Waals surface area contributed by atoms with Crippen LogP contribution in [0.1, 0.15) is 0 Å². The van der Waals surface area contributed by atoms with Gasteiger partial charge in [0, 0.05) is 0 Å². The SMILES string of the molecule is C[n+]1cncc2ccccc21.[I-]. The lowest BCUT2D eigenvalue weighted by molar-refractivity contribution is -0.648. The van der Waals surface area contributed by atoms with Crippen LogP contribution in [0, 0.1) is 0 Å². The Kier molecular flexibility index (Phi) is 2.97. The summed E-state index contributed by atoms with van der Waals surface area (Å²) in [5.74, 6) is 0. The number of aromatic nitrogens is 2. The lowest BCUT2D eigenvalue weighted by atomic mass is 10.2. The average molecular weight is 272 g/mol. The zero-order valence-electron chi connectivity index (χ0n) is 6.74. The fourth-order valence-electron chi connectivity index (χ4n) is 1.19. The molecule has 0 unspecified atom stereocenters. The van der Waals surface area contributed by atoms with Gasteiger partial charge in [-0.25, -0.2) is 4.57 Å². The van der Waals surface area contributed by atoms with E-state index in [4.69, 9.17) is 0 Å². The van der Waals surface area contributed by atoms with Crippen molar-refractivity contribution in [2.24, 2.45) is 7.05 Å². The van der Waals surface area contributed by atoms with Gasteiger partial charge >= 0.3 is 0 Å². The summed E-state index contributed by atoms with van der Waals surface area (Å²) in [6, 6.07) is 8.19. The first-order valence-corrected chi connectivity index (χ1v) is 3.56. The van der Waals surface area contributed by atoms with Gasteiger partial charge in [0.1, 0.15) is 5.52 Å². The van der Waals surface area contributed by atoms with Gasteiger partial charge in [-0.3, -0.25) is 0 Å². The quantitative estimate of drug-likeness (QED) is 0.403. The zero-order chi connectivity index (χ0) is 7.68. The van der Waals surface area contributed by atoms with Gasteiger partial charge in [0.2, 0.25) is 0 Å². The van der Waals surface area contributed by atoms with Crippen LogP contribution in [-0.4, -0.2) is 4.98 Å². The van der Waals surface area contributed by atoms with Crippen molar-refractivity contribution in [2.45, 2.75) is 0 Å². The third-order valence-corrected chi connectivity index (χ3v) is 1.77. The standard InChI is InChI=1S/C9H9N2.HI/c1-11-7-10-6-8-4-2-3-5-9(8)11;/h2-7H,1H3;1H/q+1;/p-1. The fourth-order valence-corrected chi connectivity index (χ4v) is 1.19. The van der Waals surface area contributed by atoms with E-state index in [0.29, 0.717) is 0 Å². The third kappa shape index (κ3) is 1.55. The Morgan fingerprint density at radius 1 is 1.25 bits per heavy atom. The molecule has 1 heterocycles. The minimum atomic E-state index is 0. The molecule has 2 nitrogen and oxygen atoms in total. The van der Waals surface area contributed by atoms with Crippen molar-refractivity contribution in [1.82, 2.24) is 4.98 Å². The minimum absolute atomic E-state index is 0. The highest BCUT2D eigenvalue weighted by atomic mass is 127. The summed E-state index contributed by atoms with van der Waals surface area (Å²) >= 11 is 0. The van der Waals surface area contributed by atoms with Crippen LogP contribution in [-0.2, 0) is 7.05 Å². The largest absolute Gasteiger partial charge is 1.00 e. The summed E-state index contributed by atoms with van der Waals surface area (Å²) in [6.07, 6.45) is 3.68. The van der Waals surface area contributed by atoms with Gasteiger partial charge in [0.05, 0.1) is 12.4 Å². The van der Waals surface area contributed by atoms with E-state index >= 15 is 0 Å². The predicted octanol–water partition coefficient (Wildman–Crippen LogP) is -1.94. The Morgan fingerprint density at radius 3 is 2.75 bits per heavy atom. The molecule has 0 radical (unpaired) electrons. The highest BCUT2D eigenvalue weighted by Gasteiger charge is 1.99. The molecule has 0 aliphatic rings. The number of hydrogen-bond donors (Lipinski definition) is 0. The number of aryl methyl sites for hydroxylation is 1. The van der Waals surface area contributed by atoms with Crippen molar-refractivity contribution in [2.75, 3.05) is 0 Å². The average Bonchev–Trinajstić information content (AvgIpc) is 2.06. The normalized spacial score (nSPS) is 9.42. The van der Waals surface area contributed by atoms with Gasteiger partial charge in [0.15, 0.2) is 6.20 Å². The number of fused-ring (bicyclic) bond motifs is 1. The van der Waals surface area contributed by atoms with E-state index in [2.05, 4.69) is 17.1 Å². The van der Waals surface area contributed by atoms with Crippen LogP contribution in [0.15, 0.2) is 36.8 Å². The Balaban J connectivity index is 0.000000720. The summed E-state index contributed by atoms with van der Waals surface area (Å²) in [4.78, 5) is 4.08. The van der Waals surface area contributed by atoms with Crippen LogP contribution in [0.2, 0.25) is 0 Å². The van der Waals surface area contributed by atoms with Crippen LogP contribution in [0.4, 0.5) is 0 Å². The van der Waals surface area contributed by atoms with Crippen LogP contribution in [0.3, 0.4) is 0 Å². The molecule has 1 aromatic heterocycles. The van der Waals surface area contributed by atoms with Gasteiger partial charge in [-0.1, -0.05) is 17.1 Å². The van der Waals surface area contributed by atoms with Crippen LogP contribution in [0.25, 0.3) is 10.9 Å². The molecule has 0 aliphatic heterocycles. The van der Waals surface area contributed by atoms with Crippen molar-refractivity contribution in [1.29, 1.82) is 0 Å². The molecule has 0 aliphatic carbocycles. The number of rotatable bonds is 0. The number of hydrogen-bond acceptors (Lipinski definition) is 1. The van der Waals surface area contributed by atoms with E-state index < -0.39 is 0 Å². The summed E-state index contributed by atoms with van der Waals surface area (Å²) in [5, 5.41) is 1.18. The fraction of sp³-hybridized carbons (Fsp3) is 0.111. The van der Waals surface area contributed by atoms with Crippen molar-refractivity contribution < 1.29 is 28.5 Å². The van der Waals surface area contributed by atoms with E-state index in [-0.39, 0.29) is 24.0 Å². The molecule has 0 saturated carbocycles. The smallest absolute Gasteiger partial charge is 0.286 e. The van der Waals surface area contributed by atoms with Crippen molar-refractivity contribution in [3.63, 3.8) is 0 Å². The van der Waals surface area contributed by atoms with E-state index in [0.717, 1.165) is 0 Å². The van der Waals surface area contributed by atoms with E-state index in [9.17, 15) is 0 Å². The molecule has 12 heavy (non-hydrogen) atoms. The summed E-state index contributed by atoms with van der Waals surface area (Å²) in [6.45, 7) is 0. The van der Waals surface area contributed by atoms with Gasteiger partial charge in [-0.2, -0.15) is 0 Å². The maximum Gasteiger partial charge on any atom is 0.286 e. The Labute approximate surface area is 88.3 Å². The minimum Gasteiger partial charge on any atom is -1.00 e.